The summed E-state index contributed by atoms with van der Waals surface area (Å²) < 4.78 is 6.98. The summed E-state index contributed by atoms with van der Waals surface area (Å²) in [7, 11) is 0. The number of carboxylic acid groups (broad SMARTS) is 1. The summed E-state index contributed by atoms with van der Waals surface area (Å²) in [5.41, 5.74) is 1.63. The maximum atomic E-state index is 12.2. The fourth-order valence-corrected chi connectivity index (χ4v) is 2.53. The highest BCUT2D eigenvalue weighted by atomic mass is 16.6. The standard InChI is InChI=1S/C16H17N3O4/c20-15(21)14-9-13-10-18(7-4-8-19(13)17-14)16(22)23-11-12-5-2-1-3-6-12/h1-3,5-6,9H,4,7-8,10-11H2,(H,20,21). The van der Waals surface area contributed by atoms with Gasteiger partial charge in [0.15, 0.2) is 5.69 Å². The lowest BCUT2D eigenvalue weighted by molar-refractivity contribution is 0.0689. The Morgan fingerprint density at radius 3 is 2.74 bits per heavy atom. The van der Waals surface area contributed by atoms with Gasteiger partial charge < -0.3 is 14.7 Å². The van der Waals surface area contributed by atoms with Crippen LogP contribution in [0.3, 0.4) is 0 Å². The number of rotatable bonds is 3. The SMILES string of the molecule is O=C(O)c1cc2n(n1)CCCN(C(=O)OCc1ccccc1)C2. The van der Waals surface area contributed by atoms with Crippen LogP contribution in [0, 0.1) is 0 Å². The minimum atomic E-state index is -1.07. The highest BCUT2D eigenvalue weighted by Gasteiger charge is 2.23. The van der Waals surface area contributed by atoms with Crippen LogP contribution in [0.2, 0.25) is 0 Å². The molecular weight excluding hydrogens is 298 g/mol. The fraction of sp³-hybridized carbons (Fsp3) is 0.312. The van der Waals surface area contributed by atoms with Crippen molar-refractivity contribution in [2.24, 2.45) is 0 Å². The van der Waals surface area contributed by atoms with Gasteiger partial charge in [0.1, 0.15) is 6.61 Å². The van der Waals surface area contributed by atoms with Gasteiger partial charge in [-0.25, -0.2) is 9.59 Å². The Labute approximate surface area is 133 Å². The molecule has 23 heavy (non-hydrogen) atoms. The van der Waals surface area contributed by atoms with Crippen molar-refractivity contribution < 1.29 is 19.4 Å². The van der Waals surface area contributed by atoms with Crippen LogP contribution in [0.1, 0.15) is 28.2 Å². The van der Waals surface area contributed by atoms with Crippen molar-refractivity contribution in [1.29, 1.82) is 0 Å². The molecule has 0 spiro atoms. The second-order valence-electron chi connectivity index (χ2n) is 5.36. The zero-order valence-corrected chi connectivity index (χ0v) is 12.5. The molecule has 120 valence electrons. The van der Waals surface area contributed by atoms with E-state index < -0.39 is 12.1 Å². The molecule has 1 aromatic heterocycles. The average molecular weight is 315 g/mol. The summed E-state index contributed by atoms with van der Waals surface area (Å²) in [6.07, 6.45) is 0.300. The summed E-state index contributed by atoms with van der Waals surface area (Å²) in [6.45, 7) is 1.66. The van der Waals surface area contributed by atoms with E-state index in [2.05, 4.69) is 5.10 Å². The molecule has 0 bridgehead atoms. The van der Waals surface area contributed by atoms with Crippen LogP contribution in [0.15, 0.2) is 36.4 Å². The van der Waals surface area contributed by atoms with Gasteiger partial charge in [-0.15, -0.1) is 0 Å². The Hall–Kier alpha value is -2.83. The lowest BCUT2D eigenvalue weighted by atomic mass is 10.2. The molecule has 1 aromatic carbocycles. The molecule has 1 amide bonds. The molecule has 1 aliphatic heterocycles. The van der Waals surface area contributed by atoms with E-state index in [1.807, 2.05) is 30.3 Å². The van der Waals surface area contributed by atoms with Gasteiger partial charge in [0, 0.05) is 13.1 Å². The number of fused-ring (bicyclic) bond motifs is 1. The summed E-state index contributed by atoms with van der Waals surface area (Å²) in [5.74, 6) is -1.07. The Kier molecular flexibility index (Phi) is 4.27. The number of aromatic nitrogens is 2. The molecule has 2 heterocycles. The van der Waals surface area contributed by atoms with E-state index >= 15 is 0 Å². The van der Waals surface area contributed by atoms with E-state index in [4.69, 9.17) is 9.84 Å². The smallest absolute Gasteiger partial charge is 0.410 e. The van der Waals surface area contributed by atoms with Crippen LogP contribution in [0.4, 0.5) is 4.79 Å². The van der Waals surface area contributed by atoms with E-state index in [9.17, 15) is 9.59 Å². The van der Waals surface area contributed by atoms with Crippen LogP contribution in [-0.4, -0.2) is 38.4 Å². The number of carboxylic acids is 1. The lowest BCUT2D eigenvalue weighted by Crippen LogP contribution is -2.31. The van der Waals surface area contributed by atoms with Crippen LogP contribution in [0.5, 0.6) is 0 Å². The topological polar surface area (TPSA) is 84.7 Å². The molecular formula is C16H17N3O4. The largest absolute Gasteiger partial charge is 0.476 e. The number of ether oxygens (including phenoxy) is 1. The second kappa shape index (κ2) is 6.51. The number of benzene rings is 1. The first kappa shape index (κ1) is 15.1. The molecule has 0 saturated heterocycles. The first-order valence-electron chi connectivity index (χ1n) is 7.39. The number of nitrogens with zero attached hydrogens (tertiary/aromatic N) is 3. The number of hydrogen-bond donors (Lipinski definition) is 1. The van der Waals surface area contributed by atoms with Gasteiger partial charge >= 0.3 is 12.1 Å². The molecule has 0 fully saturated rings. The van der Waals surface area contributed by atoms with Crippen molar-refractivity contribution in [3.63, 3.8) is 0 Å². The highest BCUT2D eigenvalue weighted by Crippen LogP contribution is 2.15. The Morgan fingerprint density at radius 1 is 1.22 bits per heavy atom. The molecule has 0 atom stereocenters. The Balaban J connectivity index is 1.65. The monoisotopic (exact) mass is 315 g/mol. The Morgan fingerprint density at radius 2 is 2.00 bits per heavy atom. The quantitative estimate of drug-likeness (QED) is 0.938. The lowest BCUT2D eigenvalue weighted by Gasteiger charge is -2.19. The van der Waals surface area contributed by atoms with Crippen molar-refractivity contribution in [1.82, 2.24) is 14.7 Å². The summed E-state index contributed by atoms with van der Waals surface area (Å²) in [6, 6.07) is 11.0. The first-order chi connectivity index (χ1) is 11.1. The minimum absolute atomic E-state index is 0.000460. The summed E-state index contributed by atoms with van der Waals surface area (Å²) in [4.78, 5) is 24.8. The summed E-state index contributed by atoms with van der Waals surface area (Å²) in [5, 5.41) is 13.0. The van der Waals surface area contributed by atoms with E-state index in [-0.39, 0.29) is 12.3 Å². The van der Waals surface area contributed by atoms with Crippen molar-refractivity contribution in [2.45, 2.75) is 26.1 Å². The van der Waals surface area contributed by atoms with Gasteiger partial charge in [-0.2, -0.15) is 5.10 Å². The number of aryl methyl sites for hydroxylation is 1. The number of carbonyl (C=O) groups is 2. The highest BCUT2D eigenvalue weighted by molar-refractivity contribution is 5.85. The fourth-order valence-electron chi connectivity index (χ4n) is 2.53. The number of carbonyl (C=O) groups excluding carboxylic acids is 1. The second-order valence-corrected chi connectivity index (χ2v) is 5.36. The van der Waals surface area contributed by atoms with E-state index in [1.165, 1.54) is 6.07 Å². The molecule has 3 rings (SSSR count). The molecule has 0 radical (unpaired) electrons. The predicted octanol–water partition coefficient (Wildman–Crippen LogP) is 2.12. The van der Waals surface area contributed by atoms with Gasteiger partial charge in [0.05, 0.1) is 12.2 Å². The van der Waals surface area contributed by atoms with Gasteiger partial charge in [0.2, 0.25) is 0 Å². The molecule has 0 saturated carbocycles. The molecule has 7 heteroatoms. The predicted molar refractivity (Wildman–Crippen MR) is 80.8 cm³/mol. The van der Waals surface area contributed by atoms with Gasteiger partial charge in [-0.3, -0.25) is 4.68 Å². The molecule has 7 nitrogen and oxygen atoms in total. The summed E-state index contributed by atoms with van der Waals surface area (Å²) >= 11 is 0. The molecule has 1 aliphatic rings. The number of amides is 1. The van der Waals surface area contributed by atoms with Crippen molar-refractivity contribution >= 4 is 12.1 Å². The van der Waals surface area contributed by atoms with Crippen molar-refractivity contribution in [2.75, 3.05) is 6.54 Å². The van der Waals surface area contributed by atoms with Crippen LogP contribution < -0.4 is 0 Å². The first-order valence-corrected chi connectivity index (χ1v) is 7.39. The zero-order chi connectivity index (χ0) is 16.2. The van der Waals surface area contributed by atoms with Gasteiger partial charge in [-0.05, 0) is 18.1 Å². The average Bonchev–Trinajstić information content (AvgIpc) is 2.86. The molecule has 1 N–H and O–H groups in total. The van der Waals surface area contributed by atoms with Gasteiger partial charge in [0.25, 0.3) is 0 Å². The van der Waals surface area contributed by atoms with Crippen LogP contribution in [-0.2, 0) is 24.4 Å². The maximum Gasteiger partial charge on any atom is 0.410 e. The molecule has 2 aromatic rings. The molecule has 0 aliphatic carbocycles. The van der Waals surface area contributed by atoms with Crippen LogP contribution >= 0.6 is 0 Å². The van der Waals surface area contributed by atoms with Crippen molar-refractivity contribution in [3.8, 4) is 0 Å². The third kappa shape index (κ3) is 3.50. The van der Waals surface area contributed by atoms with E-state index in [0.29, 0.717) is 31.7 Å². The number of aromatic carboxylic acids is 1. The van der Waals surface area contributed by atoms with Crippen molar-refractivity contribution in [3.05, 3.63) is 53.3 Å². The Bertz CT molecular complexity index is 711. The normalized spacial score (nSPS) is 14.0. The third-order valence-electron chi connectivity index (χ3n) is 3.70. The molecule has 0 unspecified atom stereocenters. The minimum Gasteiger partial charge on any atom is -0.476 e. The third-order valence-corrected chi connectivity index (χ3v) is 3.70. The number of hydrogen-bond acceptors (Lipinski definition) is 4. The van der Waals surface area contributed by atoms with Gasteiger partial charge in [-0.1, -0.05) is 30.3 Å². The van der Waals surface area contributed by atoms with Crippen LogP contribution in [0.25, 0.3) is 0 Å². The van der Waals surface area contributed by atoms with E-state index in [1.54, 1.807) is 9.58 Å². The zero-order valence-electron chi connectivity index (χ0n) is 12.5. The maximum absolute atomic E-state index is 12.2. The van der Waals surface area contributed by atoms with E-state index in [0.717, 1.165) is 5.56 Å².